The third kappa shape index (κ3) is 2.04. The van der Waals surface area contributed by atoms with Crippen molar-refractivity contribution < 1.29 is 9.90 Å². The highest BCUT2D eigenvalue weighted by atomic mass is 32.1. The van der Waals surface area contributed by atoms with Crippen molar-refractivity contribution in [3.63, 3.8) is 0 Å². The first-order chi connectivity index (χ1) is 7.95. The van der Waals surface area contributed by atoms with Gasteiger partial charge in [-0.25, -0.2) is 4.98 Å². The zero-order valence-electron chi connectivity index (χ0n) is 10.4. The van der Waals surface area contributed by atoms with Gasteiger partial charge in [-0.05, 0) is 19.3 Å². The minimum atomic E-state index is -0.678. The minimum absolute atomic E-state index is 0.144. The molecule has 1 unspecified atom stereocenters. The molecule has 1 aliphatic rings. The molecule has 2 rings (SSSR count). The molecular formula is C12H18N2O2S. The lowest BCUT2D eigenvalue weighted by atomic mass is 9.76. The van der Waals surface area contributed by atoms with Gasteiger partial charge in [-0.3, -0.25) is 4.79 Å². The van der Waals surface area contributed by atoms with E-state index in [0.717, 1.165) is 17.4 Å². The van der Waals surface area contributed by atoms with Gasteiger partial charge < -0.3 is 10.0 Å². The van der Waals surface area contributed by atoms with E-state index < -0.39 is 11.4 Å². The summed E-state index contributed by atoms with van der Waals surface area (Å²) in [6.45, 7) is 7.31. The first kappa shape index (κ1) is 12.4. The second kappa shape index (κ2) is 4.29. The summed E-state index contributed by atoms with van der Waals surface area (Å²) in [5.41, 5.74) is 0.391. The summed E-state index contributed by atoms with van der Waals surface area (Å²) in [5, 5.41) is 12.4. The Kier molecular flexibility index (Phi) is 3.12. The number of aliphatic carboxylic acids is 1. The van der Waals surface area contributed by atoms with Gasteiger partial charge in [0, 0.05) is 18.5 Å². The second-order valence-electron chi connectivity index (χ2n) is 5.06. The van der Waals surface area contributed by atoms with Gasteiger partial charge in [0.2, 0.25) is 0 Å². The van der Waals surface area contributed by atoms with Gasteiger partial charge in [0.25, 0.3) is 0 Å². The standard InChI is InChI=1S/C12H18N2O2S/c1-8(2)12(10(15)16)4-5-14(7-12)11-13-9(3)6-17-11/h6,8H,4-5,7H2,1-3H3,(H,15,16). The Morgan fingerprint density at radius 3 is 2.76 bits per heavy atom. The second-order valence-corrected chi connectivity index (χ2v) is 5.90. The number of carboxylic acids is 1. The summed E-state index contributed by atoms with van der Waals surface area (Å²) in [7, 11) is 0. The maximum atomic E-state index is 11.5. The molecule has 5 heteroatoms. The quantitative estimate of drug-likeness (QED) is 0.900. The molecule has 4 nitrogen and oxygen atoms in total. The molecule has 0 radical (unpaired) electrons. The van der Waals surface area contributed by atoms with Crippen LogP contribution in [0.4, 0.5) is 5.13 Å². The van der Waals surface area contributed by atoms with Crippen molar-refractivity contribution in [1.29, 1.82) is 0 Å². The fourth-order valence-electron chi connectivity index (χ4n) is 2.38. The Balaban J connectivity index is 2.20. The average Bonchev–Trinajstić information content (AvgIpc) is 2.83. The number of aryl methyl sites for hydroxylation is 1. The highest BCUT2D eigenvalue weighted by Crippen LogP contribution is 2.40. The molecule has 0 spiro atoms. The number of hydrogen-bond donors (Lipinski definition) is 1. The molecule has 1 aromatic heterocycles. The van der Waals surface area contributed by atoms with Crippen molar-refractivity contribution in [3.8, 4) is 0 Å². The van der Waals surface area contributed by atoms with Crippen LogP contribution in [0.2, 0.25) is 0 Å². The van der Waals surface area contributed by atoms with E-state index in [4.69, 9.17) is 0 Å². The number of aromatic nitrogens is 1. The van der Waals surface area contributed by atoms with Crippen LogP contribution < -0.4 is 4.90 Å². The molecule has 0 bridgehead atoms. The van der Waals surface area contributed by atoms with E-state index in [1.807, 2.05) is 26.2 Å². The fourth-order valence-corrected chi connectivity index (χ4v) is 3.21. The summed E-state index contributed by atoms with van der Waals surface area (Å²) in [4.78, 5) is 18.0. The van der Waals surface area contributed by atoms with Crippen molar-refractivity contribution in [2.75, 3.05) is 18.0 Å². The monoisotopic (exact) mass is 254 g/mol. The molecule has 1 aromatic rings. The Labute approximate surface area is 105 Å². The number of rotatable bonds is 3. The molecule has 1 aliphatic heterocycles. The van der Waals surface area contributed by atoms with Crippen molar-refractivity contribution >= 4 is 22.4 Å². The molecule has 0 aliphatic carbocycles. The van der Waals surface area contributed by atoms with E-state index in [1.54, 1.807) is 11.3 Å². The Bertz CT molecular complexity index is 430. The molecule has 2 heterocycles. The van der Waals surface area contributed by atoms with Crippen molar-refractivity contribution in [2.45, 2.75) is 27.2 Å². The van der Waals surface area contributed by atoms with Crippen LogP contribution in [0.15, 0.2) is 5.38 Å². The number of anilines is 1. The predicted octanol–water partition coefficient (Wildman–Crippen LogP) is 2.39. The lowest BCUT2D eigenvalue weighted by Gasteiger charge is -2.28. The highest BCUT2D eigenvalue weighted by molar-refractivity contribution is 7.13. The maximum Gasteiger partial charge on any atom is 0.311 e. The molecule has 1 atom stereocenters. The summed E-state index contributed by atoms with van der Waals surface area (Å²) in [6, 6.07) is 0. The lowest BCUT2D eigenvalue weighted by Crippen LogP contribution is -2.39. The number of carboxylic acid groups (broad SMARTS) is 1. The van der Waals surface area contributed by atoms with Gasteiger partial charge >= 0.3 is 5.97 Å². The summed E-state index contributed by atoms with van der Waals surface area (Å²) >= 11 is 1.59. The zero-order chi connectivity index (χ0) is 12.6. The van der Waals surface area contributed by atoms with Crippen LogP contribution in [0, 0.1) is 18.3 Å². The molecule has 1 N–H and O–H groups in total. The number of carbonyl (C=O) groups is 1. The van der Waals surface area contributed by atoms with Crippen LogP contribution in [-0.4, -0.2) is 29.1 Å². The summed E-state index contributed by atoms with van der Waals surface area (Å²) < 4.78 is 0. The smallest absolute Gasteiger partial charge is 0.311 e. The van der Waals surface area contributed by atoms with Crippen molar-refractivity contribution in [2.24, 2.45) is 11.3 Å². The molecule has 0 amide bonds. The molecule has 0 aromatic carbocycles. The Hall–Kier alpha value is -1.10. The van der Waals surface area contributed by atoms with E-state index in [1.165, 1.54) is 0 Å². The predicted molar refractivity (Wildman–Crippen MR) is 68.6 cm³/mol. The molecule has 0 saturated carbocycles. The third-order valence-electron chi connectivity index (χ3n) is 3.71. The van der Waals surface area contributed by atoms with Gasteiger partial charge in [0.1, 0.15) is 0 Å². The van der Waals surface area contributed by atoms with Gasteiger partial charge in [-0.15, -0.1) is 11.3 Å². The molecule has 17 heavy (non-hydrogen) atoms. The van der Waals surface area contributed by atoms with Crippen LogP contribution in [0.5, 0.6) is 0 Å². The lowest BCUT2D eigenvalue weighted by molar-refractivity contribution is -0.150. The van der Waals surface area contributed by atoms with E-state index in [0.29, 0.717) is 13.0 Å². The van der Waals surface area contributed by atoms with Gasteiger partial charge in [-0.2, -0.15) is 0 Å². The van der Waals surface area contributed by atoms with E-state index in [9.17, 15) is 9.90 Å². The number of nitrogens with zero attached hydrogens (tertiary/aromatic N) is 2. The van der Waals surface area contributed by atoms with Gasteiger partial charge in [0.05, 0.1) is 11.1 Å². The van der Waals surface area contributed by atoms with Crippen molar-refractivity contribution in [3.05, 3.63) is 11.1 Å². The van der Waals surface area contributed by atoms with E-state index in [-0.39, 0.29) is 5.92 Å². The SMILES string of the molecule is Cc1csc(N2CCC(C(=O)O)(C(C)C)C2)n1. The van der Waals surface area contributed by atoms with Crippen LogP contribution >= 0.6 is 11.3 Å². The van der Waals surface area contributed by atoms with Gasteiger partial charge in [0.15, 0.2) is 5.13 Å². The topological polar surface area (TPSA) is 53.4 Å². The fraction of sp³-hybridized carbons (Fsp3) is 0.667. The molecule has 1 saturated heterocycles. The number of thiazole rings is 1. The first-order valence-electron chi connectivity index (χ1n) is 5.86. The Morgan fingerprint density at radius 2 is 2.35 bits per heavy atom. The van der Waals surface area contributed by atoms with Crippen molar-refractivity contribution in [1.82, 2.24) is 4.98 Å². The van der Waals surface area contributed by atoms with Crippen LogP contribution in [0.1, 0.15) is 26.0 Å². The van der Waals surface area contributed by atoms with Crippen LogP contribution in [0.25, 0.3) is 0 Å². The maximum absolute atomic E-state index is 11.5. The largest absolute Gasteiger partial charge is 0.481 e. The average molecular weight is 254 g/mol. The minimum Gasteiger partial charge on any atom is -0.481 e. The summed E-state index contributed by atoms with van der Waals surface area (Å²) in [5.74, 6) is -0.533. The third-order valence-corrected chi connectivity index (χ3v) is 4.73. The van der Waals surface area contributed by atoms with Gasteiger partial charge in [-0.1, -0.05) is 13.8 Å². The molecule has 1 fully saturated rings. The first-order valence-corrected chi connectivity index (χ1v) is 6.74. The van der Waals surface area contributed by atoms with Crippen LogP contribution in [0.3, 0.4) is 0 Å². The number of hydrogen-bond acceptors (Lipinski definition) is 4. The zero-order valence-corrected chi connectivity index (χ0v) is 11.3. The summed E-state index contributed by atoms with van der Waals surface area (Å²) in [6.07, 6.45) is 0.707. The van der Waals surface area contributed by atoms with Crippen LogP contribution in [-0.2, 0) is 4.79 Å². The van der Waals surface area contributed by atoms with E-state index >= 15 is 0 Å². The molecular weight excluding hydrogens is 236 g/mol. The molecule has 94 valence electrons. The van der Waals surface area contributed by atoms with E-state index in [2.05, 4.69) is 9.88 Å². The highest BCUT2D eigenvalue weighted by Gasteiger charge is 2.47. The normalized spacial score (nSPS) is 24.6. The Morgan fingerprint density at radius 1 is 1.65 bits per heavy atom.